The van der Waals surface area contributed by atoms with Crippen molar-refractivity contribution in [3.05, 3.63) is 0 Å². The average molecular weight is 187 g/mol. The molecule has 0 heterocycles. The van der Waals surface area contributed by atoms with E-state index in [1.807, 2.05) is 7.05 Å². The van der Waals surface area contributed by atoms with E-state index in [0.29, 0.717) is 13.2 Å². The molecule has 1 rings (SSSR count). The van der Waals surface area contributed by atoms with Crippen LogP contribution in [0.5, 0.6) is 0 Å². The van der Waals surface area contributed by atoms with Crippen molar-refractivity contribution < 1.29 is 10.2 Å². The van der Waals surface area contributed by atoms with E-state index in [1.165, 1.54) is 12.8 Å². The third-order valence-corrected chi connectivity index (χ3v) is 3.09. The number of hydrogen-bond acceptors (Lipinski definition) is 3. The Bertz CT molecular complexity index is 144. The highest BCUT2D eigenvalue weighted by Gasteiger charge is 2.33. The molecule has 78 valence electrons. The van der Waals surface area contributed by atoms with Crippen LogP contribution in [0, 0.1) is 5.41 Å². The fourth-order valence-corrected chi connectivity index (χ4v) is 2.31. The molecule has 0 unspecified atom stereocenters. The van der Waals surface area contributed by atoms with Crippen molar-refractivity contribution in [2.45, 2.75) is 25.7 Å². The van der Waals surface area contributed by atoms with Gasteiger partial charge in [0, 0.05) is 25.1 Å². The predicted molar refractivity (Wildman–Crippen MR) is 52.6 cm³/mol. The van der Waals surface area contributed by atoms with Crippen molar-refractivity contribution >= 4 is 0 Å². The number of rotatable bonds is 5. The van der Waals surface area contributed by atoms with Gasteiger partial charge in [-0.05, 0) is 19.9 Å². The maximum absolute atomic E-state index is 9.34. The molecule has 0 spiro atoms. The molecule has 0 bridgehead atoms. The number of likely N-dealkylation sites (N-methyl/N-ethyl adjacent to an activating group) is 1. The highest BCUT2D eigenvalue weighted by molar-refractivity contribution is 4.86. The molecule has 0 aromatic carbocycles. The largest absolute Gasteiger partial charge is 0.396 e. The van der Waals surface area contributed by atoms with Crippen LogP contribution in [0.15, 0.2) is 0 Å². The van der Waals surface area contributed by atoms with Gasteiger partial charge in [0.05, 0.1) is 6.61 Å². The zero-order valence-corrected chi connectivity index (χ0v) is 8.50. The molecule has 3 heteroatoms. The van der Waals surface area contributed by atoms with Crippen LogP contribution in [-0.2, 0) is 0 Å². The molecular weight excluding hydrogens is 166 g/mol. The minimum Gasteiger partial charge on any atom is -0.396 e. The van der Waals surface area contributed by atoms with Crippen molar-refractivity contribution in [1.82, 2.24) is 4.90 Å². The van der Waals surface area contributed by atoms with E-state index in [2.05, 4.69) is 4.90 Å². The van der Waals surface area contributed by atoms with E-state index in [4.69, 9.17) is 5.11 Å². The first-order valence-corrected chi connectivity index (χ1v) is 5.13. The molecule has 3 nitrogen and oxygen atoms in total. The summed E-state index contributed by atoms with van der Waals surface area (Å²) in [6.45, 7) is 2.13. The highest BCUT2D eigenvalue weighted by Crippen LogP contribution is 2.37. The molecule has 1 saturated carbocycles. The lowest BCUT2D eigenvalue weighted by Gasteiger charge is -2.31. The summed E-state index contributed by atoms with van der Waals surface area (Å²) in [6.07, 6.45) is 4.76. The van der Waals surface area contributed by atoms with E-state index >= 15 is 0 Å². The minimum atomic E-state index is 0.129. The summed E-state index contributed by atoms with van der Waals surface area (Å²) < 4.78 is 0. The Kier molecular flexibility index (Phi) is 4.16. The van der Waals surface area contributed by atoms with Gasteiger partial charge >= 0.3 is 0 Å². The molecule has 0 saturated heterocycles. The molecule has 1 aliphatic carbocycles. The van der Waals surface area contributed by atoms with Gasteiger partial charge in [-0.3, -0.25) is 0 Å². The molecule has 0 aromatic rings. The smallest absolute Gasteiger partial charge is 0.0558 e. The van der Waals surface area contributed by atoms with Gasteiger partial charge < -0.3 is 15.1 Å². The average Bonchev–Trinajstić information content (AvgIpc) is 2.54. The molecule has 0 radical (unpaired) electrons. The molecule has 0 aromatic heterocycles. The minimum absolute atomic E-state index is 0.129. The van der Waals surface area contributed by atoms with Gasteiger partial charge in [0.15, 0.2) is 0 Å². The topological polar surface area (TPSA) is 43.7 Å². The fourth-order valence-electron chi connectivity index (χ4n) is 2.31. The Morgan fingerprint density at radius 2 is 1.85 bits per heavy atom. The molecule has 13 heavy (non-hydrogen) atoms. The standard InChI is InChI=1S/C10H21NO2/c1-11(6-7-12)8-10(9-13)4-2-3-5-10/h12-13H,2-9H2,1H3. The Morgan fingerprint density at radius 3 is 2.31 bits per heavy atom. The summed E-state index contributed by atoms with van der Waals surface area (Å²) in [5.41, 5.74) is 0.129. The zero-order valence-electron chi connectivity index (χ0n) is 8.50. The molecule has 0 aliphatic heterocycles. The lowest BCUT2D eigenvalue weighted by atomic mass is 9.87. The van der Waals surface area contributed by atoms with Gasteiger partial charge in [-0.25, -0.2) is 0 Å². The van der Waals surface area contributed by atoms with E-state index in [1.54, 1.807) is 0 Å². The lowest BCUT2D eigenvalue weighted by Crippen LogP contribution is -2.37. The van der Waals surface area contributed by atoms with E-state index in [-0.39, 0.29) is 12.0 Å². The third-order valence-electron chi connectivity index (χ3n) is 3.09. The Labute approximate surface area is 80.4 Å². The van der Waals surface area contributed by atoms with Gasteiger partial charge in [-0.15, -0.1) is 0 Å². The fraction of sp³-hybridized carbons (Fsp3) is 1.00. The Balaban J connectivity index is 2.38. The second-order valence-corrected chi connectivity index (χ2v) is 4.33. The molecular formula is C10H21NO2. The first kappa shape index (κ1) is 11.0. The summed E-state index contributed by atoms with van der Waals surface area (Å²) in [5.74, 6) is 0. The van der Waals surface area contributed by atoms with E-state index in [9.17, 15) is 5.11 Å². The van der Waals surface area contributed by atoms with Crippen LogP contribution >= 0.6 is 0 Å². The SMILES string of the molecule is CN(CCO)CC1(CO)CCCC1. The number of hydrogen-bond donors (Lipinski definition) is 2. The normalized spacial score (nSPS) is 21.2. The maximum atomic E-state index is 9.34. The maximum Gasteiger partial charge on any atom is 0.0558 e. The summed E-state index contributed by atoms with van der Waals surface area (Å²) >= 11 is 0. The van der Waals surface area contributed by atoms with Gasteiger partial charge in [0.2, 0.25) is 0 Å². The van der Waals surface area contributed by atoms with Crippen LogP contribution in [0.2, 0.25) is 0 Å². The highest BCUT2D eigenvalue weighted by atomic mass is 16.3. The lowest BCUT2D eigenvalue weighted by molar-refractivity contribution is 0.0814. The van der Waals surface area contributed by atoms with Crippen molar-refractivity contribution in [2.75, 3.05) is 33.4 Å². The van der Waals surface area contributed by atoms with Crippen LogP contribution in [0.3, 0.4) is 0 Å². The quantitative estimate of drug-likeness (QED) is 0.657. The summed E-state index contributed by atoms with van der Waals surface area (Å²) in [7, 11) is 2.01. The second kappa shape index (κ2) is 4.94. The van der Waals surface area contributed by atoms with Crippen LogP contribution in [-0.4, -0.2) is 48.5 Å². The molecule has 0 atom stereocenters. The van der Waals surface area contributed by atoms with Gasteiger partial charge in [-0.2, -0.15) is 0 Å². The van der Waals surface area contributed by atoms with E-state index in [0.717, 1.165) is 19.4 Å². The first-order valence-electron chi connectivity index (χ1n) is 5.13. The summed E-state index contributed by atoms with van der Waals surface area (Å²) in [6, 6.07) is 0. The monoisotopic (exact) mass is 187 g/mol. The molecule has 0 amide bonds. The summed E-state index contributed by atoms with van der Waals surface area (Å²) in [4.78, 5) is 2.11. The summed E-state index contributed by atoms with van der Waals surface area (Å²) in [5, 5.41) is 18.1. The van der Waals surface area contributed by atoms with Crippen molar-refractivity contribution in [3.8, 4) is 0 Å². The molecule has 1 aliphatic rings. The van der Waals surface area contributed by atoms with Crippen molar-refractivity contribution in [3.63, 3.8) is 0 Å². The zero-order chi connectivity index (χ0) is 9.73. The molecule has 2 N–H and O–H groups in total. The van der Waals surface area contributed by atoms with Gasteiger partial charge in [0.25, 0.3) is 0 Å². The van der Waals surface area contributed by atoms with Crippen LogP contribution < -0.4 is 0 Å². The van der Waals surface area contributed by atoms with Crippen LogP contribution in [0.1, 0.15) is 25.7 Å². The molecule has 1 fully saturated rings. The second-order valence-electron chi connectivity index (χ2n) is 4.33. The van der Waals surface area contributed by atoms with Crippen molar-refractivity contribution in [1.29, 1.82) is 0 Å². The van der Waals surface area contributed by atoms with Crippen molar-refractivity contribution in [2.24, 2.45) is 5.41 Å². The number of nitrogens with zero attached hydrogens (tertiary/aromatic N) is 1. The third kappa shape index (κ3) is 2.93. The van der Waals surface area contributed by atoms with Gasteiger partial charge in [-0.1, -0.05) is 12.8 Å². The Morgan fingerprint density at radius 1 is 1.23 bits per heavy atom. The number of aliphatic hydroxyl groups is 2. The first-order chi connectivity index (χ1) is 6.22. The number of aliphatic hydroxyl groups excluding tert-OH is 2. The van der Waals surface area contributed by atoms with E-state index < -0.39 is 0 Å². The Hall–Kier alpha value is -0.120. The van der Waals surface area contributed by atoms with Gasteiger partial charge in [0.1, 0.15) is 0 Å². The predicted octanol–water partition coefficient (Wildman–Crippen LogP) is 0.463. The van der Waals surface area contributed by atoms with Crippen LogP contribution in [0.25, 0.3) is 0 Å². The van der Waals surface area contributed by atoms with Crippen LogP contribution in [0.4, 0.5) is 0 Å².